The minimum Gasteiger partial charge on any atom is -0.471 e. The highest BCUT2D eigenvalue weighted by molar-refractivity contribution is 7.11. The first-order valence-corrected chi connectivity index (χ1v) is 9.50. The van der Waals surface area contributed by atoms with Crippen LogP contribution in [0.2, 0.25) is 0 Å². The Kier molecular flexibility index (Phi) is 6.57. The van der Waals surface area contributed by atoms with Crippen molar-refractivity contribution in [3.05, 3.63) is 59.2 Å². The van der Waals surface area contributed by atoms with E-state index in [2.05, 4.69) is 20.0 Å². The topological polar surface area (TPSA) is 124 Å². The molecule has 30 heavy (non-hydrogen) atoms. The molecule has 2 aromatic heterocycles. The zero-order valence-electron chi connectivity index (χ0n) is 15.8. The molecule has 0 radical (unpaired) electrons. The van der Waals surface area contributed by atoms with Gasteiger partial charge in [-0.25, -0.2) is 18.6 Å². The van der Waals surface area contributed by atoms with E-state index in [4.69, 9.17) is 10.5 Å². The molecule has 2 heterocycles. The fourth-order valence-corrected chi connectivity index (χ4v) is 3.22. The third-order valence-electron chi connectivity index (χ3n) is 4.04. The number of amides is 3. The van der Waals surface area contributed by atoms with E-state index in [1.165, 1.54) is 6.92 Å². The number of primary amides is 1. The predicted octanol–water partition coefficient (Wildman–Crippen LogP) is 2.43. The Balaban J connectivity index is 1.63. The van der Waals surface area contributed by atoms with Gasteiger partial charge < -0.3 is 20.4 Å². The summed E-state index contributed by atoms with van der Waals surface area (Å²) in [6, 6.07) is 1.48. The van der Waals surface area contributed by atoms with Gasteiger partial charge in [-0.15, -0.1) is 0 Å². The highest BCUT2D eigenvalue weighted by Gasteiger charge is 2.22. The molecule has 0 unspecified atom stereocenters. The van der Waals surface area contributed by atoms with Crippen molar-refractivity contribution in [2.45, 2.75) is 20.1 Å². The number of imidazole rings is 1. The van der Waals surface area contributed by atoms with Crippen LogP contribution in [0.25, 0.3) is 0 Å². The van der Waals surface area contributed by atoms with E-state index in [-0.39, 0.29) is 34.2 Å². The molecular weight excluding hydrogens is 418 g/mol. The van der Waals surface area contributed by atoms with Gasteiger partial charge in [0.1, 0.15) is 28.8 Å². The zero-order chi connectivity index (χ0) is 21.7. The van der Waals surface area contributed by atoms with Crippen LogP contribution in [0.1, 0.15) is 21.5 Å². The summed E-state index contributed by atoms with van der Waals surface area (Å²) in [6.45, 7) is 1.89. The fraction of sp³-hybridized carbons (Fsp3) is 0.222. The number of halogens is 2. The number of benzene rings is 1. The average molecular weight is 436 g/mol. The summed E-state index contributed by atoms with van der Waals surface area (Å²) >= 11 is 0.778. The Bertz CT molecular complexity index is 1050. The van der Waals surface area contributed by atoms with Crippen molar-refractivity contribution < 1.29 is 23.1 Å². The number of carbonyl (C=O) groups is 2. The fourth-order valence-electron chi connectivity index (χ4n) is 2.49. The Labute approximate surface area is 174 Å². The quantitative estimate of drug-likeness (QED) is 0.500. The molecule has 0 saturated heterocycles. The van der Waals surface area contributed by atoms with Crippen molar-refractivity contribution in [3.8, 4) is 5.88 Å². The van der Waals surface area contributed by atoms with Crippen molar-refractivity contribution in [2.75, 3.05) is 11.9 Å². The SMILES string of the molecule is Cc1cc(F)c(COc2nsc(NC(=O)NCCn3ccnc3)c2C(N)=O)cc1F. The smallest absolute Gasteiger partial charge is 0.319 e. The monoisotopic (exact) mass is 436 g/mol. The van der Waals surface area contributed by atoms with Crippen LogP contribution < -0.4 is 21.1 Å². The number of aryl methyl sites for hydroxylation is 1. The molecule has 4 N–H and O–H groups in total. The first-order valence-electron chi connectivity index (χ1n) is 8.72. The summed E-state index contributed by atoms with van der Waals surface area (Å²) in [7, 11) is 0. The molecule has 3 amide bonds. The van der Waals surface area contributed by atoms with Crippen LogP contribution in [-0.4, -0.2) is 32.4 Å². The Hall–Kier alpha value is -3.54. The summed E-state index contributed by atoms with van der Waals surface area (Å²) in [5, 5.41) is 5.18. The van der Waals surface area contributed by atoms with Crippen molar-refractivity contribution >= 4 is 28.5 Å². The van der Waals surface area contributed by atoms with Crippen molar-refractivity contribution in [2.24, 2.45) is 5.73 Å². The molecule has 0 aliphatic heterocycles. The first kappa shape index (κ1) is 21.2. The van der Waals surface area contributed by atoms with Gasteiger partial charge in [0.05, 0.1) is 6.33 Å². The lowest BCUT2D eigenvalue weighted by molar-refractivity contribution is 0.0996. The normalized spacial score (nSPS) is 10.6. The summed E-state index contributed by atoms with van der Waals surface area (Å²) in [6.07, 6.45) is 4.98. The lowest BCUT2D eigenvalue weighted by Gasteiger charge is -2.09. The number of nitrogens with one attached hydrogen (secondary N) is 2. The number of hydrogen-bond donors (Lipinski definition) is 3. The molecule has 0 aliphatic rings. The molecule has 0 saturated carbocycles. The summed E-state index contributed by atoms with van der Waals surface area (Å²) < 4.78 is 38.7. The number of aromatic nitrogens is 3. The van der Waals surface area contributed by atoms with E-state index in [0.717, 1.165) is 23.7 Å². The minimum absolute atomic E-state index is 0.0479. The van der Waals surface area contributed by atoms with E-state index in [0.29, 0.717) is 13.1 Å². The molecule has 3 rings (SSSR count). The van der Waals surface area contributed by atoms with Gasteiger partial charge >= 0.3 is 6.03 Å². The third-order valence-corrected chi connectivity index (χ3v) is 4.79. The Morgan fingerprint density at radius 2 is 2.10 bits per heavy atom. The van der Waals surface area contributed by atoms with E-state index in [1.807, 2.05) is 0 Å². The zero-order valence-corrected chi connectivity index (χ0v) is 16.6. The van der Waals surface area contributed by atoms with Crippen LogP contribution in [0.3, 0.4) is 0 Å². The molecule has 9 nitrogen and oxygen atoms in total. The number of urea groups is 1. The van der Waals surface area contributed by atoms with Crippen LogP contribution in [0.15, 0.2) is 30.9 Å². The standard InChI is InChI=1S/C18H18F2N6O3S/c1-10-6-13(20)11(7-12(10)19)8-29-16-14(15(21)27)17(30-25-16)24-18(28)23-3-5-26-4-2-22-9-26/h2,4,6-7,9H,3,5,8H2,1H3,(H2,21,27)(H2,23,24,28). The Morgan fingerprint density at radius 1 is 1.30 bits per heavy atom. The molecule has 0 spiro atoms. The highest BCUT2D eigenvalue weighted by atomic mass is 32.1. The van der Waals surface area contributed by atoms with Crippen molar-refractivity contribution in [3.63, 3.8) is 0 Å². The summed E-state index contributed by atoms with van der Waals surface area (Å²) in [4.78, 5) is 27.8. The number of ether oxygens (including phenoxy) is 1. The van der Waals surface area contributed by atoms with Gasteiger partial charge in [-0.1, -0.05) is 0 Å². The number of nitrogens with two attached hydrogens (primary N) is 1. The van der Waals surface area contributed by atoms with Crippen LogP contribution in [0.4, 0.5) is 18.6 Å². The summed E-state index contributed by atoms with van der Waals surface area (Å²) in [5.74, 6) is -2.30. The Morgan fingerprint density at radius 3 is 2.80 bits per heavy atom. The predicted molar refractivity (Wildman–Crippen MR) is 105 cm³/mol. The number of rotatable bonds is 8. The molecule has 3 aromatic rings. The maximum Gasteiger partial charge on any atom is 0.319 e. The largest absolute Gasteiger partial charge is 0.471 e. The van der Waals surface area contributed by atoms with Gasteiger partial charge in [0.15, 0.2) is 0 Å². The lowest BCUT2D eigenvalue weighted by Crippen LogP contribution is -2.31. The van der Waals surface area contributed by atoms with Gasteiger partial charge in [-0.3, -0.25) is 10.1 Å². The molecule has 0 aliphatic carbocycles. The van der Waals surface area contributed by atoms with Crippen molar-refractivity contribution in [1.29, 1.82) is 0 Å². The lowest BCUT2D eigenvalue weighted by atomic mass is 10.1. The first-order chi connectivity index (χ1) is 14.3. The molecule has 0 bridgehead atoms. The second-order valence-corrected chi connectivity index (χ2v) is 6.99. The number of anilines is 1. The minimum atomic E-state index is -0.886. The second kappa shape index (κ2) is 9.31. The van der Waals surface area contributed by atoms with E-state index in [1.54, 1.807) is 23.3 Å². The summed E-state index contributed by atoms with van der Waals surface area (Å²) in [5.41, 5.74) is 5.33. The third kappa shape index (κ3) is 5.08. The van der Waals surface area contributed by atoms with Crippen LogP contribution in [0, 0.1) is 18.6 Å². The average Bonchev–Trinajstić information content (AvgIpc) is 3.33. The van der Waals surface area contributed by atoms with Gasteiger partial charge in [0.25, 0.3) is 5.91 Å². The van der Waals surface area contributed by atoms with E-state index in [9.17, 15) is 18.4 Å². The number of hydrogen-bond acceptors (Lipinski definition) is 6. The molecule has 12 heteroatoms. The highest BCUT2D eigenvalue weighted by Crippen LogP contribution is 2.31. The molecular formula is C18H18F2N6O3S. The maximum atomic E-state index is 14.0. The van der Waals surface area contributed by atoms with Gasteiger partial charge in [-0.05, 0) is 36.2 Å². The molecule has 0 fully saturated rings. The van der Waals surface area contributed by atoms with Crippen LogP contribution in [-0.2, 0) is 13.2 Å². The van der Waals surface area contributed by atoms with Crippen molar-refractivity contribution in [1.82, 2.24) is 19.2 Å². The maximum absolute atomic E-state index is 14.0. The van der Waals surface area contributed by atoms with Crippen LogP contribution >= 0.6 is 11.5 Å². The molecule has 0 atom stereocenters. The number of carbonyl (C=O) groups excluding carboxylic acids is 2. The van der Waals surface area contributed by atoms with Crippen LogP contribution in [0.5, 0.6) is 5.88 Å². The van der Waals surface area contributed by atoms with Gasteiger partial charge in [0.2, 0.25) is 5.88 Å². The van der Waals surface area contributed by atoms with E-state index < -0.39 is 23.6 Å². The van der Waals surface area contributed by atoms with Gasteiger partial charge in [-0.2, -0.15) is 4.37 Å². The molecule has 1 aromatic carbocycles. The van der Waals surface area contributed by atoms with E-state index >= 15 is 0 Å². The number of nitrogens with zero attached hydrogens (tertiary/aromatic N) is 3. The second-order valence-electron chi connectivity index (χ2n) is 6.22. The van der Waals surface area contributed by atoms with Gasteiger partial charge in [0, 0.05) is 31.0 Å². The molecule has 158 valence electrons.